The van der Waals surface area contributed by atoms with Gasteiger partial charge in [-0.25, -0.2) is 19.4 Å². The molecule has 474 valence electrons. The fourth-order valence-electron chi connectivity index (χ4n) is 10.1. The number of nitrogens with one attached hydrogen (secondary N) is 3. The van der Waals surface area contributed by atoms with E-state index in [-0.39, 0.29) is 103 Å². The van der Waals surface area contributed by atoms with E-state index in [1.165, 1.54) is 12.8 Å². The second-order valence-corrected chi connectivity index (χ2v) is 21.7. The molecule has 85 heavy (non-hydrogen) atoms. The van der Waals surface area contributed by atoms with Gasteiger partial charge in [0.05, 0.1) is 26.2 Å². The van der Waals surface area contributed by atoms with Crippen molar-refractivity contribution in [1.82, 2.24) is 55.2 Å². The zero-order valence-corrected chi connectivity index (χ0v) is 49.2. The SMILES string of the molecule is CCCCCCCCCCC(=O)N(CCCC[C@H](NC(=O)N[C@@H](CCC(=O)O)C(=O)O)C(=O)O)N1CCN(c2nc(Nc3ccc(CC4CN(CC(=O)O)CCN(CC(=O)O)CCN(CC(=O)O)CCN4CC(=O)O)cc3)nc(N(C)C)n2)CC1. The van der Waals surface area contributed by atoms with Crippen molar-refractivity contribution in [1.29, 1.82) is 0 Å². The first-order valence-electron chi connectivity index (χ1n) is 29.1. The number of hydrogen-bond donors (Lipinski definition) is 10. The van der Waals surface area contributed by atoms with Crippen molar-refractivity contribution < 1.29 is 78.9 Å². The number of piperazine rings is 1. The third-order valence-corrected chi connectivity index (χ3v) is 14.6. The fourth-order valence-corrected chi connectivity index (χ4v) is 10.1. The summed E-state index contributed by atoms with van der Waals surface area (Å²) in [5, 5.41) is 78.9. The Labute approximate surface area is 495 Å². The Kier molecular flexibility index (Phi) is 30.5. The Hall–Kier alpha value is -7.54. The van der Waals surface area contributed by atoms with Gasteiger partial charge in [0, 0.05) is 117 Å². The third kappa shape index (κ3) is 26.9. The van der Waals surface area contributed by atoms with Crippen molar-refractivity contribution in [2.45, 2.75) is 121 Å². The lowest BCUT2D eigenvalue weighted by atomic mass is 10.0. The van der Waals surface area contributed by atoms with E-state index in [9.17, 15) is 73.8 Å². The maximum absolute atomic E-state index is 14.0. The van der Waals surface area contributed by atoms with Crippen LogP contribution in [0, 0.1) is 0 Å². The summed E-state index contributed by atoms with van der Waals surface area (Å²) in [6.07, 6.45) is 8.72. The normalized spacial score (nSPS) is 16.9. The molecule has 0 spiro atoms. The highest BCUT2D eigenvalue weighted by Crippen LogP contribution is 2.23. The van der Waals surface area contributed by atoms with Crippen molar-refractivity contribution >= 4 is 77.3 Å². The number of unbranched alkanes of at least 4 members (excludes halogenated alkanes) is 8. The number of nitrogens with zero attached hydrogens (tertiary/aromatic N) is 11. The lowest BCUT2D eigenvalue weighted by molar-refractivity contribution is -0.150. The molecule has 0 saturated carbocycles. The number of amides is 3. The van der Waals surface area contributed by atoms with Crippen LogP contribution < -0.4 is 25.8 Å². The Morgan fingerprint density at radius 3 is 1.64 bits per heavy atom. The molecule has 3 heterocycles. The molecule has 4 rings (SSSR count). The Morgan fingerprint density at radius 1 is 0.565 bits per heavy atom. The van der Waals surface area contributed by atoms with E-state index in [2.05, 4.69) is 27.9 Å². The molecule has 0 bridgehead atoms. The molecule has 1 aromatic heterocycles. The summed E-state index contributed by atoms with van der Waals surface area (Å²) < 4.78 is 0. The number of carboxylic acid groups (broad SMARTS) is 7. The molecule has 1 aromatic carbocycles. The van der Waals surface area contributed by atoms with Gasteiger partial charge in [-0.3, -0.25) is 53.4 Å². The molecule has 0 radical (unpaired) electrons. The zero-order chi connectivity index (χ0) is 62.4. The number of carbonyl (C=O) groups excluding carboxylic acids is 2. The third-order valence-electron chi connectivity index (χ3n) is 14.6. The molecule has 2 fully saturated rings. The van der Waals surface area contributed by atoms with Crippen LogP contribution in [-0.4, -0.2) is 271 Å². The van der Waals surface area contributed by atoms with Crippen molar-refractivity contribution in [3.63, 3.8) is 0 Å². The van der Waals surface area contributed by atoms with Crippen LogP contribution in [0.25, 0.3) is 0 Å². The number of carboxylic acids is 7. The largest absolute Gasteiger partial charge is 0.481 e. The first-order valence-corrected chi connectivity index (χ1v) is 29.1. The van der Waals surface area contributed by atoms with Crippen molar-refractivity contribution in [3.05, 3.63) is 29.8 Å². The van der Waals surface area contributed by atoms with E-state index in [1.54, 1.807) is 55.7 Å². The standard InChI is InChI=1S/C55H88N14O16/c1-4-5-6-7-8-9-10-11-15-44(70)69(22-13-12-14-42(50(81)82)57-55(85)58-43(51(83)84)20-21-45(71)72)68-31-29-66(30-32-68)54-60-52(59-53(61-54)62(2)3)56-40-18-16-39(17-19-40)33-41-34-65(37-48(77)78)26-25-63(35-46(73)74)23-24-64(36-47(75)76)27-28-67(41)38-49(79)80/h16-19,41-43H,4-15,20-38H2,1-3H3,(H,71,72)(H,73,74)(H,75,76)(H,77,78)(H,79,80)(H,81,82)(H,83,84)(H2,57,58,85)(H,56,59,60,61)/t41?,42-,43-/m0/s1. The average Bonchev–Trinajstić information content (AvgIpc) is 3.24. The van der Waals surface area contributed by atoms with Gasteiger partial charge in [-0.05, 0) is 56.2 Å². The minimum atomic E-state index is -1.54. The van der Waals surface area contributed by atoms with Gasteiger partial charge in [-0.2, -0.15) is 15.0 Å². The number of rotatable bonds is 36. The summed E-state index contributed by atoms with van der Waals surface area (Å²) >= 11 is 0. The van der Waals surface area contributed by atoms with Crippen molar-refractivity contribution in [3.8, 4) is 0 Å². The predicted molar refractivity (Wildman–Crippen MR) is 311 cm³/mol. The maximum atomic E-state index is 14.0. The number of hydrazine groups is 1. The van der Waals surface area contributed by atoms with Gasteiger partial charge in [0.25, 0.3) is 0 Å². The lowest BCUT2D eigenvalue weighted by Crippen LogP contribution is -2.56. The number of hydrogen-bond acceptors (Lipinski definition) is 20. The van der Waals surface area contributed by atoms with E-state index in [0.717, 1.165) is 37.7 Å². The molecule has 2 aliphatic heterocycles. The molecule has 3 amide bonds. The minimum Gasteiger partial charge on any atom is -0.481 e. The summed E-state index contributed by atoms with van der Waals surface area (Å²) in [5.74, 6) is -7.59. The van der Waals surface area contributed by atoms with Crippen LogP contribution in [0.2, 0.25) is 0 Å². The Morgan fingerprint density at radius 2 is 1.09 bits per heavy atom. The van der Waals surface area contributed by atoms with E-state index >= 15 is 0 Å². The number of aliphatic carboxylic acids is 7. The fraction of sp³-hybridized carbons (Fsp3) is 0.673. The van der Waals surface area contributed by atoms with Gasteiger partial charge in [0.2, 0.25) is 23.8 Å². The van der Waals surface area contributed by atoms with E-state index in [4.69, 9.17) is 15.1 Å². The molecule has 30 heteroatoms. The van der Waals surface area contributed by atoms with E-state index in [0.29, 0.717) is 63.0 Å². The molecular formula is C55H88N14O16. The molecule has 2 aliphatic rings. The average molecular weight is 1200 g/mol. The highest BCUT2D eigenvalue weighted by molar-refractivity contribution is 5.86. The van der Waals surface area contributed by atoms with Crippen LogP contribution in [0.4, 0.5) is 28.3 Å². The number of aromatic nitrogens is 3. The quantitative estimate of drug-likeness (QED) is 0.0435. The van der Waals surface area contributed by atoms with E-state index in [1.807, 2.05) is 22.0 Å². The van der Waals surface area contributed by atoms with Gasteiger partial charge in [-0.15, -0.1) is 0 Å². The summed E-state index contributed by atoms with van der Waals surface area (Å²) in [4.78, 5) is 134. The molecule has 30 nitrogen and oxygen atoms in total. The molecule has 3 atom stereocenters. The van der Waals surface area contributed by atoms with Gasteiger partial charge < -0.3 is 61.5 Å². The molecular weight excluding hydrogens is 1110 g/mol. The zero-order valence-electron chi connectivity index (χ0n) is 49.2. The van der Waals surface area contributed by atoms with Crippen LogP contribution >= 0.6 is 0 Å². The first-order chi connectivity index (χ1) is 40.5. The number of urea groups is 1. The second kappa shape index (κ2) is 37.0. The predicted octanol–water partition coefficient (Wildman–Crippen LogP) is 1.79. The van der Waals surface area contributed by atoms with Gasteiger partial charge in [0.15, 0.2) is 0 Å². The van der Waals surface area contributed by atoms with Crippen molar-refractivity contribution in [2.75, 3.05) is 134 Å². The number of carbonyl (C=O) groups is 9. The summed E-state index contributed by atoms with van der Waals surface area (Å²) in [5.41, 5.74) is 1.38. The lowest BCUT2D eigenvalue weighted by Gasteiger charge is -2.41. The Bertz CT molecular complexity index is 2490. The van der Waals surface area contributed by atoms with Gasteiger partial charge in [0.1, 0.15) is 12.1 Å². The maximum Gasteiger partial charge on any atom is 0.326 e. The first kappa shape index (κ1) is 69.9. The molecule has 0 aliphatic carbocycles. The smallest absolute Gasteiger partial charge is 0.326 e. The van der Waals surface area contributed by atoms with Gasteiger partial charge in [-0.1, -0.05) is 64.0 Å². The molecule has 1 unspecified atom stereocenters. The second-order valence-electron chi connectivity index (χ2n) is 21.7. The van der Waals surface area contributed by atoms with Crippen LogP contribution in [0.3, 0.4) is 0 Å². The molecule has 2 saturated heterocycles. The van der Waals surface area contributed by atoms with Crippen LogP contribution in [-0.2, 0) is 44.8 Å². The van der Waals surface area contributed by atoms with Crippen LogP contribution in [0.5, 0.6) is 0 Å². The summed E-state index contributed by atoms with van der Waals surface area (Å²) in [6, 6.07) is 2.72. The van der Waals surface area contributed by atoms with Crippen molar-refractivity contribution in [2.24, 2.45) is 0 Å². The number of anilines is 4. The summed E-state index contributed by atoms with van der Waals surface area (Å²) in [6.45, 7) is 3.72. The number of benzene rings is 1. The summed E-state index contributed by atoms with van der Waals surface area (Å²) in [7, 11) is 3.58. The minimum absolute atomic E-state index is 0.0304. The highest BCUT2D eigenvalue weighted by Gasteiger charge is 2.31. The van der Waals surface area contributed by atoms with E-state index < -0.39 is 85.3 Å². The highest BCUT2D eigenvalue weighted by atomic mass is 16.4. The molecule has 10 N–H and O–H groups in total. The topological polar surface area (TPSA) is 396 Å². The molecule has 2 aromatic rings. The van der Waals surface area contributed by atoms with Gasteiger partial charge >= 0.3 is 47.8 Å². The monoisotopic (exact) mass is 1200 g/mol. The van der Waals surface area contributed by atoms with Crippen LogP contribution in [0.15, 0.2) is 24.3 Å². The van der Waals surface area contributed by atoms with Crippen LogP contribution in [0.1, 0.15) is 102 Å². The Balaban J connectivity index is 1.49.